The van der Waals surface area contributed by atoms with Gasteiger partial charge in [-0.25, -0.2) is 0 Å². The van der Waals surface area contributed by atoms with Crippen molar-refractivity contribution in [3.63, 3.8) is 0 Å². The Bertz CT molecular complexity index is 338. The molecule has 1 aliphatic rings. The van der Waals surface area contributed by atoms with Crippen molar-refractivity contribution >= 4 is 29.9 Å². The number of nitrogens with one attached hydrogen (secondary N) is 2. The van der Waals surface area contributed by atoms with Crippen molar-refractivity contribution < 1.29 is 4.74 Å². The van der Waals surface area contributed by atoms with Crippen LogP contribution < -0.4 is 10.6 Å². The third-order valence-corrected chi connectivity index (χ3v) is 4.77. The first-order valence-electron chi connectivity index (χ1n) is 8.98. The molecule has 23 heavy (non-hydrogen) atoms. The van der Waals surface area contributed by atoms with E-state index in [4.69, 9.17) is 4.74 Å². The summed E-state index contributed by atoms with van der Waals surface area (Å²) in [6.45, 7) is 14.2. The molecule has 2 unspecified atom stereocenters. The third-order valence-electron chi connectivity index (χ3n) is 4.77. The maximum absolute atomic E-state index is 6.05. The standard InChI is InChI=1S/C18H37N3O.HI/c1-7-14(8-2)12-20-17(19-6)21-13-15-10-9-11-22-16(15)18(3,4)5;/h14-16H,7-13H2,1-6H3,(H2,19,20,21);1H. The molecule has 0 aromatic heterocycles. The molecule has 0 saturated carbocycles. The monoisotopic (exact) mass is 439 g/mol. The fourth-order valence-electron chi connectivity index (χ4n) is 3.28. The van der Waals surface area contributed by atoms with Crippen LogP contribution >= 0.6 is 24.0 Å². The van der Waals surface area contributed by atoms with Gasteiger partial charge in [0.05, 0.1) is 6.10 Å². The molecule has 0 amide bonds. The molecule has 2 N–H and O–H groups in total. The normalized spacial score (nSPS) is 22.7. The van der Waals surface area contributed by atoms with E-state index in [0.29, 0.717) is 12.0 Å². The average Bonchev–Trinajstić information content (AvgIpc) is 2.50. The smallest absolute Gasteiger partial charge is 0.190 e. The Morgan fingerprint density at radius 1 is 1.22 bits per heavy atom. The molecule has 0 aliphatic carbocycles. The van der Waals surface area contributed by atoms with E-state index in [-0.39, 0.29) is 29.4 Å². The van der Waals surface area contributed by atoms with Gasteiger partial charge in [-0.2, -0.15) is 0 Å². The summed E-state index contributed by atoms with van der Waals surface area (Å²) in [5.41, 5.74) is 0.194. The second-order valence-electron chi connectivity index (χ2n) is 7.58. The summed E-state index contributed by atoms with van der Waals surface area (Å²) in [6.07, 6.45) is 5.15. The van der Waals surface area contributed by atoms with E-state index >= 15 is 0 Å². The molecule has 0 radical (unpaired) electrons. The van der Waals surface area contributed by atoms with E-state index in [0.717, 1.165) is 31.6 Å². The minimum atomic E-state index is 0. The van der Waals surface area contributed by atoms with Crippen molar-refractivity contribution in [1.29, 1.82) is 0 Å². The summed E-state index contributed by atoms with van der Waals surface area (Å²) in [4.78, 5) is 4.35. The van der Waals surface area contributed by atoms with Crippen LogP contribution in [0.2, 0.25) is 0 Å². The van der Waals surface area contributed by atoms with Gasteiger partial charge in [-0.1, -0.05) is 47.5 Å². The van der Waals surface area contributed by atoms with Gasteiger partial charge < -0.3 is 15.4 Å². The topological polar surface area (TPSA) is 45.7 Å². The number of halogens is 1. The molecule has 1 heterocycles. The van der Waals surface area contributed by atoms with Crippen LogP contribution in [0.15, 0.2) is 4.99 Å². The van der Waals surface area contributed by atoms with E-state index in [2.05, 4.69) is 50.2 Å². The SMILES string of the molecule is CCC(CC)CNC(=NC)NCC1CCCOC1C(C)(C)C.I. The molecule has 0 bridgehead atoms. The molecular weight excluding hydrogens is 401 g/mol. The van der Waals surface area contributed by atoms with Crippen molar-refractivity contribution in [2.24, 2.45) is 22.2 Å². The van der Waals surface area contributed by atoms with Crippen LogP contribution in [0.3, 0.4) is 0 Å². The summed E-state index contributed by atoms with van der Waals surface area (Å²) in [5, 5.41) is 6.97. The Kier molecular flexibility index (Phi) is 11.5. The van der Waals surface area contributed by atoms with Crippen molar-refractivity contribution in [3.05, 3.63) is 0 Å². The van der Waals surface area contributed by atoms with Crippen molar-refractivity contribution in [3.8, 4) is 0 Å². The van der Waals surface area contributed by atoms with Crippen molar-refractivity contribution in [2.45, 2.75) is 66.4 Å². The fourth-order valence-corrected chi connectivity index (χ4v) is 3.28. The zero-order valence-corrected chi connectivity index (χ0v) is 18.3. The molecule has 1 aliphatic heterocycles. The van der Waals surface area contributed by atoms with Crippen molar-refractivity contribution in [1.82, 2.24) is 10.6 Å². The first kappa shape index (κ1) is 23.0. The zero-order chi connectivity index (χ0) is 16.6. The summed E-state index contributed by atoms with van der Waals surface area (Å²) in [6, 6.07) is 0. The first-order chi connectivity index (χ1) is 10.4. The second-order valence-corrected chi connectivity index (χ2v) is 7.58. The number of hydrogen-bond acceptors (Lipinski definition) is 2. The van der Waals surface area contributed by atoms with E-state index in [9.17, 15) is 0 Å². The molecule has 138 valence electrons. The first-order valence-corrected chi connectivity index (χ1v) is 8.98. The summed E-state index contributed by atoms with van der Waals surface area (Å²) < 4.78 is 6.05. The van der Waals surface area contributed by atoms with Gasteiger partial charge in [0.1, 0.15) is 0 Å². The van der Waals surface area contributed by atoms with E-state index in [1.165, 1.54) is 25.7 Å². The highest BCUT2D eigenvalue weighted by molar-refractivity contribution is 14.0. The molecular formula is C18H38IN3O. The van der Waals surface area contributed by atoms with Crippen LogP contribution in [0.25, 0.3) is 0 Å². The zero-order valence-electron chi connectivity index (χ0n) is 15.9. The maximum Gasteiger partial charge on any atom is 0.190 e. The molecule has 0 aromatic rings. The summed E-state index contributed by atoms with van der Waals surface area (Å²) >= 11 is 0. The lowest BCUT2D eigenvalue weighted by Crippen LogP contribution is -2.48. The Morgan fingerprint density at radius 2 is 1.87 bits per heavy atom. The molecule has 2 atom stereocenters. The highest BCUT2D eigenvalue weighted by Gasteiger charge is 2.35. The van der Waals surface area contributed by atoms with Crippen LogP contribution in [-0.2, 0) is 4.74 Å². The van der Waals surface area contributed by atoms with Crippen LogP contribution in [-0.4, -0.2) is 38.8 Å². The lowest BCUT2D eigenvalue weighted by atomic mass is 9.78. The van der Waals surface area contributed by atoms with Gasteiger partial charge >= 0.3 is 0 Å². The number of guanidine groups is 1. The van der Waals surface area contributed by atoms with Crippen LogP contribution in [0.1, 0.15) is 60.3 Å². The number of hydrogen-bond donors (Lipinski definition) is 2. The Labute approximate surface area is 160 Å². The van der Waals surface area contributed by atoms with Crippen LogP contribution in [0.4, 0.5) is 0 Å². The van der Waals surface area contributed by atoms with Gasteiger partial charge in [0.25, 0.3) is 0 Å². The molecule has 5 heteroatoms. The third kappa shape index (κ3) is 8.05. The van der Waals surface area contributed by atoms with E-state index < -0.39 is 0 Å². The van der Waals surface area contributed by atoms with Gasteiger partial charge in [0.2, 0.25) is 0 Å². The number of aliphatic imine (C=N–C) groups is 1. The molecule has 0 spiro atoms. The summed E-state index contributed by atoms with van der Waals surface area (Å²) in [5.74, 6) is 2.20. The average molecular weight is 439 g/mol. The summed E-state index contributed by atoms with van der Waals surface area (Å²) in [7, 11) is 1.85. The maximum atomic E-state index is 6.05. The van der Waals surface area contributed by atoms with Gasteiger partial charge in [-0.15, -0.1) is 24.0 Å². The molecule has 4 nitrogen and oxygen atoms in total. The molecule has 0 aromatic carbocycles. The molecule has 1 rings (SSSR count). The highest BCUT2D eigenvalue weighted by Crippen LogP contribution is 2.33. The quantitative estimate of drug-likeness (QED) is 0.373. The minimum absolute atomic E-state index is 0. The Balaban J connectivity index is 0.00000484. The van der Waals surface area contributed by atoms with E-state index in [1.807, 2.05) is 7.05 Å². The predicted octanol–water partition coefficient (Wildman–Crippen LogP) is 4.05. The lowest BCUT2D eigenvalue weighted by molar-refractivity contribution is -0.0835. The fraction of sp³-hybridized carbons (Fsp3) is 0.944. The van der Waals surface area contributed by atoms with E-state index in [1.54, 1.807) is 0 Å². The predicted molar refractivity (Wildman–Crippen MR) is 111 cm³/mol. The largest absolute Gasteiger partial charge is 0.377 e. The van der Waals surface area contributed by atoms with Crippen molar-refractivity contribution in [2.75, 3.05) is 26.7 Å². The second kappa shape index (κ2) is 11.5. The highest BCUT2D eigenvalue weighted by atomic mass is 127. The van der Waals surface area contributed by atoms with Crippen LogP contribution in [0.5, 0.6) is 0 Å². The number of ether oxygens (including phenoxy) is 1. The van der Waals surface area contributed by atoms with Gasteiger partial charge in [0, 0.05) is 32.7 Å². The lowest BCUT2D eigenvalue weighted by Gasteiger charge is -2.40. The number of nitrogens with zero attached hydrogens (tertiary/aromatic N) is 1. The minimum Gasteiger partial charge on any atom is -0.377 e. The van der Waals surface area contributed by atoms with Gasteiger partial charge in [-0.05, 0) is 24.2 Å². The Hall–Kier alpha value is -0.0400. The van der Waals surface area contributed by atoms with Gasteiger partial charge in [0.15, 0.2) is 5.96 Å². The van der Waals surface area contributed by atoms with Gasteiger partial charge in [-0.3, -0.25) is 4.99 Å². The molecule has 1 saturated heterocycles. The Morgan fingerprint density at radius 3 is 2.39 bits per heavy atom. The number of rotatable bonds is 6. The molecule has 1 fully saturated rings. The van der Waals surface area contributed by atoms with Crippen LogP contribution in [0, 0.1) is 17.3 Å².